The van der Waals surface area contributed by atoms with E-state index in [1.165, 1.54) is 52.8 Å². The molecule has 44 heavy (non-hydrogen) atoms. The molecule has 0 saturated heterocycles. The molecule has 1 aliphatic rings. The molecule has 236 valence electrons. The van der Waals surface area contributed by atoms with Gasteiger partial charge in [-0.25, -0.2) is 0 Å². The van der Waals surface area contributed by atoms with E-state index in [9.17, 15) is 25.2 Å². The van der Waals surface area contributed by atoms with Gasteiger partial charge in [-0.05, 0) is 62.7 Å². The van der Waals surface area contributed by atoms with E-state index in [1.807, 2.05) is 0 Å². The summed E-state index contributed by atoms with van der Waals surface area (Å²) < 4.78 is 59.2. The molecule has 5 rings (SSSR count). The van der Waals surface area contributed by atoms with E-state index >= 15 is 0 Å². The molecular weight excluding hydrogens is 717 g/mol. The molecule has 0 unspecified atom stereocenters. The van der Waals surface area contributed by atoms with Crippen molar-refractivity contribution < 1.29 is 44.7 Å². The van der Waals surface area contributed by atoms with Gasteiger partial charge >= 0.3 is 33.0 Å². The molecule has 0 atom stereocenters. The molecule has 0 aliphatic heterocycles. The minimum Gasteiger partial charge on any atom is -0.0622 e. The van der Waals surface area contributed by atoms with Gasteiger partial charge in [0.2, 0.25) is 0 Å². The Kier molecular flexibility index (Phi) is 16.5. The van der Waals surface area contributed by atoms with Crippen LogP contribution in [-0.4, -0.2) is 14.3 Å². The average molecular weight is 751 g/mol. The zero-order valence-electron chi connectivity index (χ0n) is 23.9. The molecule has 0 aromatic heterocycles. The van der Waals surface area contributed by atoms with Gasteiger partial charge < -0.3 is 0 Å². The van der Waals surface area contributed by atoms with Crippen LogP contribution in [0.1, 0.15) is 25.7 Å². The Morgan fingerprint density at radius 3 is 0.773 bits per heavy atom. The largest absolute Gasteiger partial charge is 0.0622 e. The summed E-state index contributed by atoms with van der Waals surface area (Å²) in [6, 6.07) is 44.1. The van der Waals surface area contributed by atoms with Gasteiger partial charge in [-0.3, -0.25) is 0 Å². The van der Waals surface area contributed by atoms with Crippen molar-refractivity contribution in [3.05, 3.63) is 146 Å². The van der Waals surface area contributed by atoms with E-state index in [4.69, 9.17) is 0 Å². The zero-order valence-corrected chi connectivity index (χ0v) is 28.2. The summed E-state index contributed by atoms with van der Waals surface area (Å²) in [5.74, 6) is 1.17. The van der Waals surface area contributed by atoms with Crippen molar-refractivity contribution in [2.24, 2.45) is 0 Å². The van der Waals surface area contributed by atoms with Crippen LogP contribution in [0.15, 0.2) is 146 Å². The molecule has 11 heteroatoms. The predicted molar refractivity (Wildman–Crippen MR) is 179 cm³/mol. The fourth-order valence-corrected chi connectivity index (χ4v) is 10.5. The van der Waals surface area contributed by atoms with Gasteiger partial charge in [-0.2, -0.15) is 0 Å². The second-order valence-corrected chi connectivity index (χ2v) is 16.2. The van der Waals surface area contributed by atoms with E-state index in [1.54, 1.807) is 0 Å². The normalized spacial score (nSPS) is 15.5. The first-order valence-corrected chi connectivity index (χ1v) is 18.6. The molecule has 0 heterocycles. The van der Waals surface area contributed by atoms with Crippen LogP contribution >= 0.6 is 23.7 Å². The van der Waals surface area contributed by atoms with Crippen LogP contribution in [0.3, 0.4) is 0 Å². The van der Waals surface area contributed by atoms with Crippen LogP contribution in [-0.2, 0) is 19.5 Å². The number of benzene rings is 4. The molecule has 0 N–H and O–H groups in total. The van der Waals surface area contributed by atoms with E-state index in [-0.39, 0.29) is 27.9 Å². The Morgan fingerprint density at radius 2 is 0.591 bits per heavy atom. The van der Waals surface area contributed by atoms with Gasteiger partial charge in [0.05, 0.1) is 0 Å². The van der Waals surface area contributed by atoms with Crippen molar-refractivity contribution in [1.29, 1.82) is 0 Å². The summed E-state index contributed by atoms with van der Waals surface area (Å²) in [5, 5.41) is 5.83. The summed E-state index contributed by atoms with van der Waals surface area (Å²) >= 11 is 0. The van der Waals surface area contributed by atoms with Crippen LogP contribution < -0.4 is 21.2 Å². The molecule has 0 spiro atoms. The molecule has 0 bridgehead atoms. The molecule has 4 aromatic rings. The quantitative estimate of drug-likeness (QED) is 0.0797. The maximum atomic E-state index is 9.87. The predicted octanol–water partition coefficient (Wildman–Crippen LogP) is 10.9. The van der Waals surface area contributed by atoms with Crippen molar-refractivity contribution in [2.45, 2.75) is 25.7 Å². The summed E-state index contributed by atoms with van der Waals surface area (Å²) in [6.45, 7) is 0. The number of hydrogen-bond acceptors (Lipinski definition) is 0. The minimum atomic E-state index is -10.7. The number of rotatable bonds is 6. The molecule has 1 aliphatic carbocycles. The smallest absolute Gasteiger partial charge is 0.00405 e. The van der Waals surface area contributed by atoms with E-state index in [0.29, 0.717) is 0 Å². The van der Waals surface area contributed by atoms with E-state index in [0.717, 1.165) is 0 Å². The molecule has 4 aromatic carbocycles. The molecular formula is C33H34BF6P3Rh-. The number of allylic oxidation sites excluding steroid dienone is 4. The van der Waals surface area contributed by atoms with Gasteiger partial charge in [0.15, 0.2) is 0 Å². The number of hydrogen-bond donors (Lipinski definition) is 0. The topological polar surface area (TPSA) is 0 Å². The van der Waals surface area contributed by atoms with Gasteiger partial charge in [-0.15, -0.1) is 0 Å². The van der Waals surface area contributed by atoms with Crippen LogP contribution in [0, 0.1) is 0 Å². The SMILES string of the molecule is C1=C\CC/C=C\CC/1.F[P-](F)(F)(F)(F)F.[B].[Rh].c1ccc(P(CP(c2ccccc2)c2ccccc2)c2ccccc2)cc1. The summed E-state index contributed by atoms with van der Waals surface area (Å²) in [5.41, 5.74) is 0. The van der Waals surface area contributed by atoms with Gasteiger partial charge in [0.1, 0.15) is 0 Å². The Labute approximate surface area is 274 Å². The van der Waals surface area contributed by atoms with Crippen molar-refractivity contribution >= 4 is 53.3 Å². The molecule has 4 radical (unpaired) electrons. The first kappa shape index (κ1) is 39.9. The summed E-state index contributed by atoms with van der Waals surface area (Å²) in [7, 11) is -11.5. The maximum absolute atomic E-state index is 10.7. The van der Waals surface area contributed by atoms with Crippen molar-refractivity contribution in [3.63, 3.8) is 0 Å². The fraction of sp³-hybridized carbons (Fsp3) is 0.152. The first-order chi connectivity index (χ1) is 19.9. The standard InChI is InChI=1S/C25H22P2.C8H12.B.F6P.Rh/c1-5-13-22(14-6-1)26(23-15-7-2-8-16-23)21-27(24-17-9-3-10-18-24)25-19-11-4-12-20-25;1-2-4-6-8-7-5-3-1;;1-7(2,3,4,5)6;/h1-20H,21H2;1-2,7-8H,3-6H2;;;/q;;;-1;/b;2-1-,8-7-;;;. The van der Waals surface area contributed by atoms with E-state index < -0.39 is 23.7 Å². The first-order valence-electron chi connectivity index (χ1n) is 13.5. The van der Waals surface area contributed by atoms with Crippen LogP contribution in [0.5, 0.6) is 0 Å². The molecule has 0 amide bonds. The Hall–Kier alpha value is -2.08. The minimum absolute atomic E-state index is 0. The van der Waals surface area contributed by atoms with Gasteiger partial charge in [-0.1, -0.05) is 146 Å². The monoisotopic (exact) mass is 751 g/mol. The van der Waals surface area contributed by atoms with Crippen LogP contribution in [0.2, 0.25) is 0 Å². The zero-order chi connectivity index (χ0) is 30.4. The Morgan fingerprint density at radius 1 is 0.409 bits per heavy atom. The third-order valence-electron chi connectivity index (χ3n) is 5.89. The van der Waals surface area contributed by atoms with Gasteiger partial charge in [0, 0.05) is 33.8 Å². The Balaban J connectivity index is 0.000000473. The fourth-order valence-electron chi connectivity index (χ4n) is 4.05. The van der Waals surface area contributed by atoms with Crippen LogP contribution in [0.4, 0.5) is 25.2 Å². The molecule has 0 saturated carbocycles. The van der Waals surface area contributed by atoms with E-state index in [2.05, 4.69) is 146 Å². The molecule has 0 fully saturated rings. The average Bonchev–Trinajstić information content (AvgIpc) is 2.94. The summed E-state index contributed by atoms with van der Waals surface area (Å²) in [6.07, 6.45) is 14.0. The third-order valence-corrected chi connectivity index (χ3v) is 11.8. The summed E-state index contributed by atoms with van der Waals surface area (Å²) in [4.78, 5) is 0. The number of halogens is 6. The van der Waals surface area contributed by atoms with Crippen molar-refractivity contribution in [3.8, 4) is 0 Å². The van der Waals surface area contributed by atoms with Crippen LogP contribution in [0.25, 0.3) is 0 Å². The van der Waals surface area contributed by atoms with Crippen molar-refractivity contribution in [1.82, 2.24) is 0 Å². The second-order valence-electron chi connectivity index (χ2n) is 9.40. The maximum Gasteiger partial charge on any atom is 0.00405 e. The van der Waals surface area contributed by atoms with Gasteiger partial charge in [0.25, 0.3) is 0 Å². The Bertz CT molecular complexity index is 1190. The van der Waals surface area contributed by atoms with Crippen molar-refractivity contribution in [2.75, 3.05) is 5.90 Å². The third kappa shape index (κ3) is 18.0. The second kappa shape index (κ2) is 18.2. The molecule has 0 nitrogen and oxygen atoms in total.